The van der Waals surface area contributed by atoms with Gasteiger partial charge in [-0.2, -0.15) is 5.10 Å². The monoisotopic (exact) mass is 513 g/mol. The first-order valence-electron chi connectivity index (χ1n) is 9.82. The Hall–Kier alpha value is -3.16. The zero-order valence-corrected chi connectivity index (χ0v) is 19.4. The van der Waals surface area contributed by atoms with E-state index in [0.29, 0.717) is 17.3 Å². The third-order valence-corrected chi connectivity index (χ3v) is 5.05. The molecule has 0 bridgehead atoms. The highest BCUT2D eigenvalue weighted by Gasteiger charge is 2.07. The van der Waals surface area contributed by atoms with Crippen molar-refractivity contribution in [3.8, 4) is 5.75 Å². The summed E-state index contributed by atoms with van der Waals surface area (Å²) in [6.07, 6.45) is 1.59. The number of carbonyl (C=O) groups excluding carboxylic acids is 2. The van der Waals surface area contributed by atoms with E-state index in [1.807, 2.05) is 48.5 Å². The maximum absolute atomic E-state index is 11.9. The van der Waals surface area contributed by atoms with E-state index in [4.69, 9.17) is 16.3 Å². The Labute approximate surface area is 199 Å². The maximum Gasteiger partial charge on any atom is 0.240 e. The molecule has 6 nitrogen and oxygen atoms in total. The van der Waals surface area contributed by atoms with Gasteiger partial charge < -0.3 is 10.1 Å². The second-order valence-electron chi connectivity index (χ2n) is 6.84. The summed E-state index contributed by atoms with van der Waals surface area (Å²) in [6.45, 7) is 0.474. The van der Waals surface area contributed by atoms with E-state index in [2.05, 4.69) is 31.8 Å². The predicted molar refractivity (Wildman–Crippen MR) is 130 cm³/mol. The van der Waals surface area contributed by atoms with Crippen molar-refractivity contribution in [1.29, 1.82) is 0 Å². The lowest BCUT2D eigenvalue weighted by atomic mass is 10.2. The summed E-state index contributed by atoms with van der Waals surface area (Å²) in [6, 6.07) is 22.1. The fraction of sp³-hybridized carbons (Fsp3) is 0.125. The van der Waals surface area contributed by atoms with Crippen molar-refractivity contribution in [3.63, 3.8) is 0 Å². The van der Waals surface area contributed by atoms with E-state index in [9.17, 15) is 9.59 Å². The van der Waals surface area contributed by atoms with E-state index >= 15 is 0 Å². The van der Waals surface area contributed by atoms with Gasteiger partial charge in [0, 0.05) is 28.0 Å². The molecular weight excluding hydrogens is 494 g/mol. The summed E-state index contributed by atoms with van der Waals surface area (Å²) >= 11 is 9.29. The maximum atomic E-state index is 11.9. The molecule has 8 heteroatoms. The molecule has 2 N–H and O–H groups in total. The number of halogens is 2. The normalized spacial score (nSPS) is 10.7. The van der Waals surface area contributed by atoms with Gasteiger partial charge >= 0.3 is 0 Å². The van der Waals surface area contributed by atoms with Gasteiger partial charge in [0.05, 0.1) is 6.21 Å². The van der Waals surface area contributed by atoms with E-state index in [0.717, 1.165) is 21.3 Å². The molecule has 0 radical (unpaired) electrons. The topological polar surface area (TPSA) is 79.8 Å². The lowest BCUT2D eigenvalue weighted by molar-refractivity contribution is -0.124. The van der Waals surface area contributed by atoms with Crippen molar-refractivity contribution in [1.82, 2.24) is 5.43 Å². The van der Waals surface area contributed by atoms with Gasteiger partial charge in [-0.25, -0.2) is 5.43 Å². The quantitative estimate of drug-likeness (QED) is 0.290. The van der Waals surface area contributed by atoms with Crippen LogP contribution in [-0.2, 0) is 16.2 Å². The van der Waals surface area contributed by atoms with Gasteiger partial charge in [-0.05, 0) is 65.7 Å². The third kappa shape index (κ3) is 8.17. The van der Waals surface area contributed by atoms with Crippen LogP contribution in [0, 0.1) is 0 Å². The number of benzene rings is 3. The average molecular weight is 515 g/mol. The Morgan fingerprint density at radius 1 is 0.969 bits per heavy atom. The number of nitrogens with one attached hydrogen (secondary N) is 2. The number of carbonyl (C=O) groups is 2. The smallest absolute Gasteiger partial charge is 0.240 e. The van der Waals surface area contributed by atoms with Crippen molar-refractivity contribution in [3.05, 3.63) is 93.4 Å². The summed E-state index contributed by atoms with van der Waals surface area (Å²) in [5.41, 5.74) is 4.89. The Bertz CT molecular complexity index is 1090. The van der Waals surface area contributed by atoms with Crippen molar-refractivity contribution in [2.45, 2.75) is 19.4 Å². The minimum atomic E-state index is -0.350. The highest BCUT2D eigenvalue weighted by molar-refractivity contribution is 9.10. The molecule has 164 valence electrons. The largest absolute Gasteiger partial charge is 0.489 e. The van der Waals surface area contributed by atoms with E-state index in [1.54, 1.807) is 24.3 Å². The molecule has 0 aliphatic carbocycles. The number of hydrazone groups is 1. The van der Waals surface area contributed by atoms with Gasteiger partial charge in [0.15, 0.2) is 0 Å². The molecule has 0 fully saturated rings. The predicted octanol–water partition coefficient (Wildman–Crippen LogP) is 5.55. The van der Waals surface area contributed by atoms with Gasteiger partial charge in [-0.1, -0.05) is 45.7 Å². The zero-order chi connectivity index (χ0) is 22.8. The molecule has 0 saturated carbocycles. The number of nitrogens with zero attached hydrogens (tertiary/aromatic N) is 1. The lowest BCUT2D eigenvalue weighted by Gasteiger charge is -2.06. The van der Waals surface area contributed by atoms with E-state index in [1.165, 1.54) is 6.21 Å². The Morgan fingerprint density at radius 3 is 2.41 bits per heavy atom. The molecule has 3 aromatic rings. The van der Waals surface area contributed by atoms with Crippen LogP contribution in [0.4, 0.5) is 5.69 Å². The molecule has 32 heavy (non-hydrogen) atoms. The number of ether oxygens (including phenoxy) is 1. The average Bonchev–Trinajstić information content (AvgIpc) is 2.78. The fourth-order valence-corrected chi connectivity index (χ4v) is 3.10. The van der Waals surface area contributed by atoms with Gasteiger partial charge in [-0.3, -0.25) is 9.59 Å². The summed E-state index contributed by atoms with van der Waals surface area (Å²) in [5, 5.41) is 7.15. The molecule has 0 heterocycles. The molecule has 3 aromatic carbocycles. The summed E-state index contributed by atoms with van der Waals surface area (Å²) in [7, 11) is 0. The molecule has 0 atom stereocenters. The van der Waals surface area contributed by atoms with Crippen molar-refractivity contribution < 1.29 is 14.3 Å². The minimum absolute atomic E-state index is 0.0204. The molecule has 2 amide bonds. The Balaban J connectivity index is 1.37. The molecule has 0 unspecified atom stereocenters. The molecule has 0 aromatic heterocycles. The highest BCUT2D eigenvalue weighted by atomic mass is 79.9. The SMILES string of the molecule is O=C(CCC(=O)Nc1cccc(Cl)c1)NN=Cc1ccc(OCc2ccc(Br)cc2)cc1. The van der Waals surface area contributed by atoms with Crippen LogP contribution >= 0.6 is 27.5 Å². The van der Waals surface area contributed by atoms with Gasteiger partial charge in [0.1, 0.15) is 12.4 Å². The summed E-state index contributed by atoms with van der Waals surface area (Å²) in [4.78, 5) is 23.8. The van der Waals surface area contributed by atoms with Crippen LogP contribution in [0.25, 0.3) is 0 Å². The molecule has 0 aliphatic heterocycles. The van der Waals surface area contributed by atoms with Crippen LogP contribution in [0.1, 0.15) is 24.0 Å². The van der Waals surface area contributed by atoms with Crippen LogP contribution in [-0.4, -0.2) is 18.0 Å². The first-order chi connectivity index (χ1) is 15.5. The Kier molecular flexibility index (Phi) is 8.83. The number of hydrogen-bond donors (Lipinski definition) is 2. The zero-order valence-electron chi connectivity index (χ0n) is 17.1. The molecule has 0 aliphatic rings. The van der Waals surface area contributed by atoms with Crippen LogP contribution in [0.5, 0.6) is 5.75 Å². The van der Waals surface area contributed by atoms with Crippen molar-refractivity contribution >= 4 is 51.2 Å². The van der Waals surface area contributed by atoms with Crippen LogP contribution in [0.15, 0.2) is 82.4 Å². The van der Waals surface area contributed by atoms with Crippen LogP contribution < -0.4 is 15.5 Å². The number of rotatable bonds is 9. The summed E-state index contributed by atoms with van der Waals surface area (Å²) in [5.74, 6) is 0.113. The summed E-state index contributed by atoms with van der Waals surface area (Å²) < 4.78 is 6.78. The molecular formula is C24H21BrClN3O3. The van der Waals surface area contributed by atoms with Gasteiger partial charge in [-0.15, -0.1) is 0 Å². The number of anilines is 1. The Morgan fingerprint density at radius 2 is 1.69 bits per heavy atom. The van der Waals surface area contributed by atoms with E-state index in [-0.39, 0.29) is 24.7 Å². The standard InChI is InChI=1S/C24H21BrClN3O3/c25-19-8-4-18(5-9-19)16-32-22-10-6-17(7-11-22)15-27-29-24(31)13-12-23(30)28-21-3-1-2-20(26)14-21/h1-11,14-15H,12-13,16H2,(H,28,30)(H,29,31). The van der Waals surface area contributed by atoms with Crippen molar-refractivity contribution in [2.75, 3.05) is 5.32 Å². The van der Waals surface area contributed by atoms with Gasteiger partial charge in [0.25, 0.3) is 0 Å². The number of hydrogen-bond acceptors (Lipinski definition) is 4. The minimum Gasteiger partial charge on any atom is -0.489 e. The van der Waals surface area contributed by atoms with E-state index < -0.39 is 0 Å². The molecule has 0 saturated heterocycles. The first-order valence-corrected chi connectivity index (χ1v) is 11.0. The third-order valence-electron chi connectivity index (χ3n) is 4.29. The molecule has 0 spiro atoms. The molecule has 3 rings (SSSR count). The van der Waals surface area contributed by atoms with Crippen LogP contribution in [0.2, 0.25) is 5.02 Å². The number of amides is 2. The second kappa shape index (κ2) is 12.0. The highest BCUT2D eigenvalue weighted by Crippen LogP contribution is 2.16. The van der Waals surface area contributed by atoms with Crippen LogP contribution in [0.3, 0.4) is 0 Å². The first kappa shape index (κ1) is 23.5. The fourth-order valence-electron chi connectivity index (χ4n) is 2.65. The lowest BCUT2D eigenvalue weighted by Crippen LogP contribution is -2.20. The second-order valence-corrected chi connectivity index (χ2v) is 8.19. The van der Waals surface area contributed by atoms with Crippen molar-refractivity contribution in [2.24, 2.45) is 5.10 Å². The van der Waals surface area contributed by atoms with Gasteiger partial charge in [0.2, 0.25) is 11.8 Å².